The van der Waals surface area contributed by atoms with E-state index >= 15 is 0 Å². The molecule has 0 aromatic carbocycles. The van der Waals surface area contributed by atoms with E-state index in [1.54, 1.807) is 0 Å². The molecule has 0 aromatic heterocycles. The van der Waals surface area contributed by atoms with Gasteiger partial charge in [-0.25, -0.2) is 0 Å². The largest absolute Gasteiger partial charge is 0.394 e. The monoisotopic (exact) mass is 999 g/mol. The molecule has 6 aliphatic rings. The maximum atomic E-state index is 13.0. The summed E-state index contributed by atoms with van der Waals surface area (Å²) in [6.07, 6.45) is -53.9. The average Bonchev–Trinajstić information content (AvgIpc) is 3.31. The van der Waals surface area contributed by atoms with Crippen LogP contribution in [0.1, 0.15) is 20.8 Å². The van der Waals surface area contributed by atoms with Gasteiger partial charge in [0.2, 0.25) is 5.91 Å². The Labute approximate surface area is 386 Å². The molecule has 6 aliphatic heterocycles. The van der Waals surface area contributed by atoms with Gasteiger partial charge in [-0.3, -0.25) is 4.79 Å². The minimum Gasteiger partial charge on any atom is -0.394 e. The number of hydrogen-bond donors (Lipinski definition) is 18. The van der Waals surface area contributed by atoms with Crippen LogP contribution in [-0.2, 0) is 56.9 Å². The molecule has 1 amide bonds. The topological polar surface area (TPSA) is 475 Å². The summed E-state index contributed by atoms with van der Waals surface area (Å²) in [6, 6.07) is -1.83. The molecule has 6 fully saturated rings. The summed E-state index contributed by atoms with van der Waals surface area (Å²) in [5, 5.41) is 183. The lowest BCUT2D eigenvalue weighted by Gasteiger charge is -2.52. The quantitative estimate of drug-likeness (QED) is 0.0724. The van der Waals surface area contributed by atoms with E-state index in [1.807, 2.05) is 0 Å². The molecule has 0 spiro atoms. The molecule has 1 unspecified atom stereocenters. The normalized spacial score (nSPS) is 52.6. The van der Waals surface area contributed by atoms with Gasteiger partial charge in [0.05, 0.1) is 38.6 Å². The predicted octanol–water partition coefficient (Wildman–Crippen LogP) is -11.9. The number of carbonyl (C=O) groups excluding carboxylic acids is 1. The minimum absolute atomic E-state index is 0.879. The number of amides is 1. The maximum Gasteiger partial charge on any atom is 0.217 e. The summed E-state index contributed by atoms with van der Waals surface area (Å²) in [6.45, 7) is -0.382. The van der Waals surface area contributed by atoms with Crippen LogP contribution in [0.5, 0.6) is 0 Å². The molecular weight excluding hydrogens is 934 g/mol. The number of aliphatic hydroxyl groups is 17. The van der Waals surface area contributed by atoms with Crippen molar-refractivity contribution < 1.29 is 144 Å². The number of rotatable bonds is 15. The first-order chi connectivity index (χ1) is 32.1. The first kappa shape index (κ1) is 55.7. The van der Waals surface area contributed by atoms with Crippen LogP contribution in [0, 0.1) is 0 Å². The highest BCUT2D eigenvalue weighted by Gasteiger charge is 2.59. The third kappa shape index (κ3) is 11.4. The van der Waals surface area contributed by atoms with Gasteiger partial charge in [-0.15, -0.1) is 0 Å². The zero-order chi connectivity index (χ0) is 50.2. The van der Waals surface area contributed by atoms with Crippen LogP contribution in [0.15, 0.2) is 0 Å². The van der Waals surface area contributed by atoms with Crippen molar-refractivity contribution >= 4 is 5.91 Å². The fourth-order valence-corrected chi connectivity index (χ4v) is 8.80. The molecule has 68 heavy (non-hydrogen) atoms. The molecule has 30 nitrogen and oxygen atoms in total. The molecule has 6 saturated heterocycles. The van der Waals surface area contributed by atoms with Gasteiger partial charge in [0, 0.05) is 6.92 Å². The SMILES string of the molecule is CC(=O)N[C@H]1[C@H](O[C@@H]2[C@H](O[C@@H]3O[C@@H](C)[C@@H](O)[C@@H](O)[C@@H]3O)[C@@H](O)[C@H](O[C@H]3[C@H](O)[C@@H](O)C(O)O[C@@H]3CO)O[C@@H]2CO)O[C@H](CO)[C@@H](O[C@@H]2O[C@@H](C)[C@@H](O)[C@@H](O)[C@@H]2O)[C@H]1O[C@H]1O[C@H](CO)[C@H](O)[C@H](O)[C@H]1O. The molecule has 396 valence electrons. The summed E-state index contributed by atoms with van der Waals surface area (Å²) >= 11 is 0. The molecule has 6 heterocycles. The van der Waals surface area contributed by atoms with E-state index in [1.165, 1.54) is 13.8 Å². The van der Waals surface area contributed by atoms with Crippen molar-refractivity contribution in [2.75, 3.05) is 26.4 Å². The summed E-state index contributed by atoms with van der Waals surface area (Å²) in [7, 11) is 0. The van der Waals surface area contributed by atoms with E-state index in [4.69, 9.17) is 52.1 Å². The van der Waals surface area contributed by atoms with Crippen molar-refractivity contribution in [2.24, 2.45) is 0 Å². The number of hydrogen-bond acceptors (Lipinski definition) is 29. The Bertz CT molecular complexity index is 1590. The number of aliphatic hydroxyl groups excluding tert-OH is 17. The molecule has 30 heteroatoms. The second-order valence-electron chi connectivity index (χ2n) is 17.5. The molecular formula is C38H65NO29. The van der Waals surface area contributed by atoms with Gasteiger partial charge >= 0.3 is 0 Å². The van der Waals surface area contributed by atoms with Crippen LogP contribution >= 0.6 is 0 Å². The third-order valence-corrected chi connectivity index (χ3v) is 12.8. The highest BCUT2D eigenvalue weighted by atomic mass is 16.8. The van der Waals surface area contributed by atoms with E-state index in [0.29, 0.717) is 0 Å². The number of nitrogens with one attached hydrogen (secondary N) is 1. The molecule has 30 atom stereocenters. The molecule has 18 N–H and O–H groups in total. The van der Waals surface area contributed by atoms with Crippen molar-refractivity contribution in [3.63, 3.8) is 0 Å². The van der Waals surface area contributed by atoms with Gasteiger partial charge < -0.3 is 144 Å². The predicted molar refractivity (Wildman–Crippen MR) is 208 cm³/mol. The molecule has 6 rings (SSSR count). The Morgan fingerprint density at radius 3 is 1.25 bits per heavy atom. The minimum atomic E-state index is -2.23. The lowest BCUT2D eigenvalue weighted by atomic mass is 9.93. The summed E-state index contributed by atoms with van der Waals surface area (Å²) in [4.78, 5) is 13.0. The van der Waals surface area contributed by atoms with Gasteiger partial charge in [0.1, 0.15) is 134 Å². The van der Waals surface area contributed by atoms with E-state index < -0.39 is 217 Å². The fourth-order valence-electron chi connectivity index (χ4n) is 8.80. The van der Waals surface area contributed by atoms with Gasteiger partial charge in [0.15, 0.2) is 37.7 Å². The Kier molecular flexibility index (Phi) is 19.2. The molecule has 0 saturated carbocycles. The van der Waals surface area contributed by atoms with Crippen molar-refractivity contribution in [1.82, 2.24) is 5.32 Å². The molecule has 0 bridgehead atoms. The van der Waals surface area contributed by atoms with E-state index in [-0.39, 0.29) is 0 Å². The van der Waals surface area contributed by atoms with Crippen LogP contribution in [0.4, 0.5) is 0 Å². The third-order valence-electron chi connectivity index (χ3n) is 12.8. The first-order valence-corrected chi connectivity index (χ1v) is 21.8. The van der Waals surface area contributed by atoms with Crippen molar-refractivity contribution in [3.8, 4) is 0 Å². The Morgan fingerprint density at radius 1 is 0.382 bits per heavy atom. The second kappa shape index (κ2) is 23.5. The molecule has 0 radical (unpaired) electrons. The van der Waals surface area contributed by atoms with E-state index in [9.17, 15) is 91.6 Å². The fraction of sp³-hybridized carbons (Fsp3) is 0.974. The molecule has 0 aliphatic carbocycles. The highest BCUT2D eigenvalue weighted by molar-refractivity contribution is 5.73. The Balaban J connectivity index is 1.40. The van der Waals surface area contributed by atoms with Gasteiger partial charge in [-0.1, -0.05) is 0 Å². The van der Waals surface area contributed by atoms with Crippen molar-refractivity contribution in [3.05, 3.63) is 0 Å². The van der Waals surface area contributed by atoms with Crippen LogP contribution in [-0.4, -0.2) is 303 Å². The zero-order valence-corrected chi connectivity index (χ0v) is 36.7. The lowest BCUT2D eigenvalue weighted by molar-refractivity contribution is -0.402. The Morgan fingerprint density at radius 2 is 0.750 bits per heavy atom. The maximum absolute atomic E-state index is 13.0. The zero-order valence-electron chi connectivity index (χ0n) is 36.7. The number of ether oxygens (including phenoxy) is 11. The number of carbonyl (C=O) groups is 1. The van der Waals surface area contributed by atoms with Crippen LogP contribution in [0.3, 0.4) is 0 Å². The lowest BCUT2D eigenvalue weighted by Crippen LogP contribution is -2.71. The average molecular weight is 1000 g/mol. The standard InChI is InChI=1S/C38H65NO29/c1-8-16(45)19(48)24(53)35(58-8)66-29-13(6-42)62-34(15(39-10(3)44)31(29)67-37-26(55)21(50)18(47)11(4-40)61-37)65-30-14(7-43)63-38(64-28-12(5-41)60-33(57)23(52)22(28)51)27(56)32(30)68-36-25(54)20(49)17(46)9(2)59-36/h8-9,11-38,40-43,45-57H,4-7H2,1-3H3,(H,39,44)/t8-,9-,11+,12+,13+,14+,15+,16+,17+,18-,19+,20+,21-,22+,23+,24-,25-,26+,27+,28+,29+,30-,31-,32+,33?,34-,35-,36-,37+,38-/m0/s1. The van der Waals surface area contributed by atoms with Gasteiger partial charge in [-0.2, -0.15) is 0 Å². The summed E-state index contributed by atoms with van der Waals surface area (Å²) < 4.78 is 64.3. The van der Waals surface area contributed by atoms with Crippen molar-refractivity contribution in [2.45, 2.75) is 205 Å². The van der Waals surface area contributed by atoms with Crippen LogP contribution < -0.4 is 5.32 Å². The summed E-state index contributed by atoms with van der Waals surface area (Å²) in [5.41, 5.74) is 0. The second-order valence-corrected chi connectivity index (χ2v) is 17.5. The Hall–Kier alpha value is -1.65. The van der Waals surface area contributed by atoms with Gasteiger partial charge in [0.25, 0.3) is 0 Å². The van der Waals surface area contributed by atoms with Crippen LogP contribution in [0.25, 0.3) is 0 Å². The van der Waals surface area contributed by atoms with Crippen molar-refractivity contribution in [1.29, 1.82) is 0 Å². The summed E-state index contributed by atoms with van der Waals surface area (Å²) in [5.74, 6) is -0.879. The molecule has 0 aromatic rings. The van der Waals surface area contributed by atoms with Gasteiger partial charge in [-0.05, 0) is 13.8 Å². The van der Waals surface area contributed by atoms with Crippen LogP contribution in [0.2, 0.25) is 0 Å². The smallest absolute Gasteiger partial charge is 0.217 e. The first-order valence-electron chi connectivity index (χ1n) is 21.8. The van der Waals surface area contributed by atoms with E-state index in [2.05, 4.69) is 5.32 Å². The highest BCUT2D eigenvalue weighted by Crippen LogP contribution is 2.38. The van der Waals surface area contributed by atoms with E-state index in [0.717, 1.165) is 6.92 Å².